The maximum atomic E-state index is 12.3. The first-order valence-electron chi connectivity index (χ1n) is 4.62. The Balaban J connectivity index is 2.49. The van der Waals surface area contributed by atoms with Crippen LogP contribution >= 0.6 is 11.3 Å². The number of nitrogens with zero attached hydrogens (tertiary/aromatic N) is 3. The predicted molar refractivity (Wildman–Crippen MR) is 54.6 cm³/mol. The zero-order valence-electron chi connectivity index (χ0n) is 8.96. The maximum Gasteiger partial charge on any atom is 0.445 e. The highest BCUT2D eigenvalue weighted by atomic mass is 32.1. The SMILES string of the molecule is CC(C)(C)c1cn2nc(C(F)(F)F)sc2n1. The van der Waals surface area contributed by atoms with Crippen molar-refractivity contribution in [1.29, 1.82) is 0 Å². The normalized spacial score (nSPS) is 13.6. The quantitative estimate of drug-likeness (QED) is 0.718. The molecule has 0 aromatic carbocycles. The number of halogens is 3. The summed E-state index contributed by atoms with van der Waals surface area (Å²) in [7, 11) is 0. The zero-order chi connectivity index (χ0) is 12.1. The standard InChI is InChI=1S/C9H10F3N3S/c1-8(2,3)5-4-15-7(13-5)16-6(14-15)9(10,11)12/h4H,1-3H3. The van der Waals surface area contributed by atoms with E-state index in [1.165, 1.54) is 4.52 Å². The average molecular weight is 249 g/mol. The first-order valence-corrected chi connectivity index (χ1v) is 5.43. The summed E-state index contributed by atoms with van der Waals surface area (Å²) in [6, 6.07) is 0. The Hall–Kier alpha value is -1.11. The monoisotopic (exact) mass is 249 g/mol. The number of alkyl halides is 3. The second kappa shape index (κ2) is 3.19. The van der Waals surface area contributed by atoms with Crippen LogP contribution in [0.5, 0.6) is 0 Å². The van der Waals surface area contributed by atoms with Crippen molar-refractivity contribution in [3.8, 4) is 0 Å². The second-order valence-corrected chi connectivity index (χ2v) is 5.46. The summed E-state index contributed by atoms with van der Waals surface area (Å²) in [4.78, 5) is 4.41. The number of hydrogen-bond acceptors (Lipinski definition) is 3. The highest BCUT2D eigenvalue weighted by Crippen LogP contribution is 2.33. The van der Waals surface area contributed by atoms with E-state index in [1.54, 1.807) is 6.20 Å². The van der Waals surface area contributed by atoms with Crippen molar-refractivity contribution >= 4 is 16.3 Å². The number of rotatable bonds is 0. The summed E-state index contributed by atoms with van der Waals surface area (Å²) in [6.07, 6.45) is -2.85. The van der Waals surface area contributed by atoms with E-state index >= 15 is 0 Å². The van der Waals surface area contributed by atoms with Crippen LogP contribution in [-0.4, -0.2) is 14.6 Å². The summed E-state index contributed by atoms with van der Waals surface area (Å²) in [5.41, 5.74) is 0.547. The van der Waals surface area contributed by atoms with E-state index in [-0.39, 0.29) is 10.4 Å². The van der Waals surface area contributed by atoms with Gasteiger partial charge in [0, 0.05) is 5.41 Å². The second-order valence-electron chi connectivity index (χ2n) is 4.51. The van der Waals surface area contributed by atoms with Gasteiger partial charge in [-0.15, -0.1) is 5.10 Å². The van der Waals surface area contributed by atoms with Crippen molar-refractivity contribution in [2.75, 3.05) is 0 Å². The minimum atomic E-state index is -4.40. The zero-order valence-corrected chi connectivity index (χ0v) is 9.78. The first-order chi connectivity index (χ1) is 7.18. The lowest BCUT2D eigenvalue weighted by Gasteiger charge is -2.13. The van der Waals surface area contributed by atoms with E-state index in [9.17, 15) is 13.2 Å². The lowest BCUT2D eigenvalue weighted by molar-refractivity contribution is -0.138. The minimum Gasteiger partial charge on any atom is -0.222 e. The molecule has 0 spiro atoms. The molecule has 3 nitrogen and oxygen atoms in total. The van der Waals surface area contributed by atoms with E-state index in [4.69, 9.17) is 0 Å². The topological polar surface area (TPSA) is 30.2 Å². The largest absolute Gasteiger partial charge is 0.445 e. The van der Waals surface area contributed by atoms with Crippen LogP contribution in [0, 0.1) is 0 Å². The van der Waals surface area contributed by atoms with Crippen LogP contribution in [0.1, 0.15) is 31.5 Å². The van der Waals surface area contributed by atoms with Crippen LogP contribution in [0.2, 0.25) is 0 Å². The fourth-order valence-electron chi connectivity index (χ4n) is 1.18. The van der Waals surface area contributed by atoms with Crippen LogP contribution in [0.3, 0.4) is 0 Å². The van der Waals surface area contributed by atoms with Crippen LogP contribution in [0.25, 0.3) is 4.96 Å². The van der Waals surface area contributed by atoms with Gasteiger partial charge in [-0.05, 0) is 0 Å². The molecule has 2 aromatic rings. The van der Waals surface area contributed by atoms with E-state index in [0.717, 1.165) is 5.69 Å². The summed E-state index contributed by atoms with van der Waals surface area (Å²) >= 11 is 0.557. The van der Waals surface area contributed by atoms with E-state index in [0.29, 0.717) is 11.3 Å². The van der Waals surface area contributed by atoms with E-state index in [2.05, 4.69) is 10.1 Å². The smallest absolute Gasteiger partial charge is 0.222 e. The molecular formula is C9H10F3N3S. The van der Waals surface area contributed by atoms with Gasteiger partial charge in [-0.2, -0.15) is 13.2 Å². The van der Waals surface area contributed by atoms with Gasteiger partial charge in [-0.25, -0.2) is 9.50 Å². The maximum absolute atomic E-state index is 12.3. The molecule has 88 valence electrons. The molecule has 0 unspecified atom stereocenters. The van der Waals surface area contributed by atoms with Crippen molar-refractivity contribution in [2.45, 2.75) is 32.4 Å². The molecule has 0 saturated heterocycles. The van der Waals surface area contributed by atoms with Gasteiger partial charge in [0.2, 0.25) is 9.97 Å². The molecule has 0 aliphatic carbocycles. The van der Waals surface area contributed by atoms with Gasteiger partial charge >= 0.3 is 6.18 Å². The Kier molecular flexibility index (Phi) is 2.27. The molecule has 2 aromatic heterocycles. The lowest BCUT2D eigenvalue weighted by atomic mass is 9.93. The number of aromatic nitrogens is 3. The van der Waals surface area contributed by atoms with Gasteiger partial charge in [-0.3, -0.25) is 0 Å². The van der Waals surface area contributed by atoms with Crippen molar-refractivity contribution in [3.63, 3.8) is 0 Å². The van der Waals surface area contributed by atoms with Gasteiger partial charge in [0.05, 0.1) is 11.9 Å². The third-order valence-electron chi connectivity index (χ3n) is 2.05. The number of hydrogen-bond donors (Lipinski definition) is 0. The summed E-state index contributed by atoms with van der Waals surface area (Å²) in [6.45, 7) is 5.85. The Morgan fingerprint density at radius 3 is 2.31 bits per heavy atom. The molecule has 0 amide bonds. The molecular weight excluding hydrogens is 239 g/mol. The molecule has 0 bridgehead atoms. The third-order valence-corrected chi connectivity index (χ3v) is 3.02. The van der Waals surface area contributed by atoms with E-state index in [1.807, 2.05) is 20.8 Å². The molecule has 0 atom stereocenters. The Bertz CT molecular complexity index is 443. The van der Waals surface area contributed by atoms with Crippen LogP contribution < -0.4 is 0 Å². The molecule has 0 fully saturated rings. The molecule has 7 heteroatoms. The molecule has 0 N–H and O–H groups in total. The molecule has 0 aliphatic rings. The third kappa shape index (κ3) is 1.91. The fourth-order valence-corrected chi connectivity index (χ4v) is 1.92. The van der Waals surface area contributed by atoms with Crippen molar-refractivity contribution in [2.24, 2.45) is 0 Å². The van der Waals surface area contributed by atoms with Crippen molar-refractivity contribution in [1.82, 2.24) is 14.6 Å². The fraction of sp³-hybridized carbons (Fsp3) is 0.556. The molecule has 0 saturated carbocycles. The molecule has 0 aliphatic heterocycles. The molecule has 2 rings (SSSR count). The van der Waals surface area contributed by atoms with Gasteiger partial charge < -0.3 is 0 Å². The molecule has 16 heavy (non-hydrogen) atoms. The van der Waals surface area contributed by atoms with Gasteiger partial charge in [0.25, 0.3) is 0 Å². The van der Waals surface area contributed by atoms with Crippen LogP contribution in [-0.2, 0) is 11.6 Å². The van der Waals surface area contributed by atoms with E-state index < -0.39 is 11.2 Å². The van der Waals surface area contributed by atoms with Crippen LogP contribution in [0.15, 0.2) is 6.20 Å². The highest BCUT2D eigenvalue weighted by molar-refractivity contribution is 7.16. The van der Waals surface area contributed by atoms with Crippen LogP contribution in [0.4, 0.5) is 13.2 Å². The Morgan fingerprint density at radius 1 is 1.25 bits per heavy atom. The first kappa shape index (κ1) is 11.4. The Morgan fingerprint density at radius 2 is 1.88 bits per heavy atom. The lowest BCUT2D eigenvalue weighted by Crippen LogP contribution is -2.11. The average Bonchev–Trinajstić information content (AvgIpc) is 2.53. The highest BCUT2D eigenvalue weighted by Gasteiger charge is 2.36. The van der Waals surface area contributed by atoms with Gasteiger partial charge in [0.1, 0.15) is 0 Å². The minimum absolute atomic E-state index is 0.189. The molecule has 0 radical (unpaired) electrons. The predicted octanol–water partition coefficient (Wildman–Crippen LogP) is 3.11. The summed E-state index contributed by atoms with van der Waals surface area (Å²) in [5, 5.41) is 2.60. The number of fused-ring (bicyclic) bond motifs is 1. The summed E-state index contributed by atoms with van der Waals surface area (Å²) in [5.74, 6) is 0. The van der Waals surface area contributed by atoms with Gasteiger partial charge in [-0.1, -0.05) is 32.1 Å². The van der Waals surface area contributed by atoms with Crippen molar-refractivity contribution < 1.29 is 13.2 Å². The molecule has 2 heterocycles. The number of imidazole rings is 1. The Labute approximate surface area is 93.9 Å². The van der Waals surface area contributed by atoms with Gasteiger partial charge in [0.15, 0.2) is 0 Å². The summed E-state index contributed by atoms with van der Waals surface area (Å²) < 4.78 is 38.2. The van der Waals surface area contributed by atoms with Crippen molar-refractivity contribution in [3.05, 3.63) is 16.9 Å².